The maximum atomic E-state index is 12.3. The zero-order chi connectivity index (χ0) is 17.1. The number of nitrogens with two attached hydrogens (primary N) is 1. The molecule has 0 bridgehead atoms. The van der Waals surface area contributed by atoms with Crippen molar-refractivity contribution in [1.82, 2.24) is 15.3 Å². The second-order valence-electron chi connectivity index (χ2n) is 6.19. The Kier molecular flexibility index (Phi) is 6.67. The maximum absolute atomic E-state index is 12.3. The monoisotopic (exact) mass is 378 g/mol. The van der Waals surface area contributed by atoms with Crippen LogP contribution in [0.4, 0.5) is 5.69 Å². The minimum atomic E-state index is 0. The number of nitrogens with one attached hydrogen (secondary N) is 1. The van der Waals surface area contributed by atoms with Gasteiger partial charge in [0.1, 0.15) is 0 Å². The predicted octanol–water partition coefficient (Wildman–Crippen LogP) is 3.38. The predicted molar refractivity (Wildman–Crippen MR) is 104 cm³/mol. The molecule has 1 aromatic heterocycles. The zero-order valence-corrected chi connectivity index (χ0v) is 16.0. The molecule has 134 valence electrons. The molecule has 1 atom stereocenters. The summed E-state index contributed by atoms with van der Waals surface area (Å²) in [4.78, 5) is 21.0. The van der Waals surface area contributed by atoms with Crippen LogP contribution in [0.3, 0.4) is 0 Å². The van der Waals surface area contributed by atoms with Gasteiger partial charge in [-0.1, -0.05) is 17.8 Å². The highest BCUT2D eigenvalue weighted by Crippen LogP contribution is 2.31. The fourth-order valence-corrected chi connectivity index (χ4v) is 3.87. The molecule has 1 unspecified atom stereocenters. The number of aromatic nitrogens is 2. The molecule has 0 fully saturated rings. The standard InChI is InChI=1S/C18H22N4OS.ClH/c1-11-8-12(2)21-18(20-11)24-10-17(23)22-16-5-3-4-13-9-14(19)6-7-15(13)16;/h6-9,16H,3-5,10,19H2,1-2H3,(H,22,23);1H. The number of fused-ring (bicyclic) bond motifs is 1. The number of nitrogen functional groups attached to an aromatic ring is 1. The Morgan fingerprint density at radius 1 is 1.28 bits per heavy atom. The van der Waals surface area contributed by atoms with Crippen molar-refractivity contribution in [3.8, 4) is 0 Å². The Morgan fingerprint density at radius 3 is 2.72 bits per heavy atom. The van der Waals surface area contributed by atoms with Crippen LogP contribution in [0, 0.1) is 13.8 Å². The van der Waals surface area contributed by atoms with E-state index in [1.54, 1.807) is 0 Å². The third-order valence-electron chi connectivity index (χ3n) is 4.11. The first-order valence-corrected chi connectivity index (χ1v) is 9.12. The van der Waals surface area contributed by atoms with Crippen LogP contribution in [0.2, 0.25) is 0 Å². The van der Waals surface area contributed by atoms with Crippen molar-refractivity contribution < 1.29 is 4.79 Å². The molecule has 1 aromatic carbocycles. The SMILES string of the molecule is Cc1cc(C)nc(SCC(=O)NC2CCCc3cc(N)ccc32)n1.Cl. The number of nitrogens with zero attached hydrogens (tertiary/aromatic N) is 2. The molecule has 3 rings (SSSR count). The van der Waals surface area contributed by atoms with Gasteiger partial charge in [0.2, 0.25) is 5.91 Å². The minimum absolute atomic E-state index is 0. The molecule has 1 heterocycles. The lowest BCUT2D eigenvalue weighted by Crippen LogP contribution is -2.32. The van der Waals surface area contributed by atoms with Gasteiger partial charge in [-0.15, -0.1) is 12.4 Å². The van der Waals surface area contributed by atoms with Crippen LogP contribution < -0.4 is 11.1 Å². The summed E-state index contributed by atoms with van der Waals surface area (Å²) in [5.41, 5.74) is 10.9. The fraction of sp³-hybridized carbons (Fsp3) is 0.389. The number of carbonyl (C=O) groups is 1. The van der Waals surface area contributed by atoms with Gasteiger partial charge in [-0.05, 0) is 62.4 Å². The van der Waals surface area contributed by atoms with Gasteiger partial charge in [0.15, 0.2) is 5.16 Å². The van der Waals surface area contributed by atoms with E-state index in [1.807, 2.05) is 38.1 Å². The molecule has 3 N–H and O–H groups in total. The van der Waals surface area contributed by atoms with E-state index in [1.165, 1.54) is 22.9 Å². The Bertz CT molecular complexity index is 748. The van der Waals surface area contributed by atoms with Gasteiger partial charge in [-0.2, -0.15) is 0 Å². The summed E-state index contributed by atoms with van der Waals surface area (Å²) in [6.07, 6.45) is 3.06. The summed E-state index contributed by atoms with van der Waals surface area (Å²) in [5.74, 6) is 0.335. The number of anilines is 1. The maximum Gasteiger partial charge on any atom is 0.230 e. The first kappa shape index (κ1) is 19.5. The largest absolute Gasteiger partial charge is 0.399 e. The zero-order valence-electron chi connectivity index (χ0n) is 14.4. The van der Waals surface area contributed by atoms with Gasteiger partial charge in [0, 0.05) is 17.1 Å². The number of halogens is 1. The van der Waals surface area contributed by atoms with E-state index in [9.17, 15) is 4.79 Å². The highest BCUT2D eigenvalue weighted by atomic mass is 35.5. The third-order valence-corrected chi connectivity index (χ3v) is 4.96. The minimum Gasteiger partial charge on any atom is -0.399 e. The molecule has 5 nitrogen and oxygen atoms in total. The lowest BCUT2D eigenvalue weighted by Gasteiger charge is -2.26. The van der Waals surface area contributed by atoms with E-state index in [0.29, 0.717) is 10.9 Å². The van der Waals surface area contributed by atoms with Gasteiger partial charge in [0.25, 0.3) is 0 Å². The molecule has 1 amide bonds. The number of benzene rings is 1. The number of carbonyl (C=O) groups excluding carboxylic acids is 1. The van der Waals surface area contributed by atoms with Gasteiger partial charge >= 0.3 is 0 Å². The van der Waals surface area contributed by atoms with E-state index in [2.05, 4.69) is 15.3 Å². The third kappa shape index (κ3) is 5.09. The molecule has 7 heteroatoms. The number of rotatable bonds is 4. The van der Waals surface area contributed by atoms with Crippen molar-refractivity contribution in [2.75, 3.05) is 11.5 Å². The average molecular weight is 379 g/mol. The first-order chi connectivity index (χ1) is 11.5. The summed E-state index contributed by atoms with van der Waals surface area (Å²) in [6.45, 7) is 3.87. The van der Waals surface area contributed by atoms with Gasteiger partial charge < -0.3 is 11.1 Å². The molecule has 0 spiro atoms. The number of aryl methyl sites for hydroxylation is 3. The van der Waals surface area contributed by atoms with Crippen LogP contribution in [0.1, 0.15) is 41.4 Å². The number of hydrogen-bond acceptors (Lipinski definition) is 5. The number of thioether (sulfide) groups is 1. The number of hydrogen-bond donors (Lipinski definition) is 2. The van der Waals surface area contributed by atoms with Crippen LogP contribution in [0.5, 0.6) is 0 Å². The van der Waals surface area contributed by atoms with Crippen molar-refractivity contribution in [3.63, 3.8) is 0 Å². The topological polar surface area (TPSA) is 80.9 Å². The van der Waals surface area contributed by atoms with Crippen molar-refractivity contribution in [3.05, 3.63) is 46.8 Å². The van der Waals surface area contributed by atoms with E-state index >= 15 is 0 Å². The molecule has 0 radical (unpaired) electrons. The van der Waals surface area contributed by atoms with Crippen LogP contribution >= 0.6 is 24.2 Å². The summed E-state index contributed by atoms with van der Waals surface area (Å²) in [5, 5.41) is 3.79. The molecule has 25 heavy (non-hydrogen) atoms. The summed E-state index contributed by atoms with van der Waals surface area (Å²) in [7, 11) is 0. The lowest BCUT2D eigenvalue weighted by molar-refractivity contribution is -0.119. The van der Waals surface area contributed by atoms with Crippen LogP contribution in [-0.2, 0) is 11.2 Å². The van der Waals surface area contributed by atoms with Crippen LogP contribution in [0.25, 0.3) is 0 Å². The molecule has 0 aliphatic heterocycles. The van der Waals surface area contributed by atoms with E-state index < -0.39 is 0 Å². The van der Waals surface area contributed by atoms with Crippen molar-refractivity contribution >= 4 is 35.8 Å². The molecular formula is C18H23ClN4OS. The highest BCUT2D eigenvalue weighted by molar-refractivity contribution is 7.99. The lowest BCUT2D eigenvalue weighted by atomic mass is 9.87. The first-order valence-electron chi connectivity index (χ1n) is 8.14. The van der Waals surface area contributed by atoms with Gasteiger partial charge in [-0.25, -0.2) is 9.97 Å². The summed E-state index contributed by atoms with van der Waals surface area (Å²) >= 11 is 1.37. The number of amides is 1. The molecule has 1 aliphatic carbocycles. The Labute approximate surface area is 158 Å². The van der Waals surface area contributed by atoms with Crippen molar-refractivity contribution in [2.24, 2.45) is 0 Å². The molecule has 0 saturated heterocycles. The normalized spacial score (nSPS) is 15.8. The molecular weight excluding hydrogens is 356 g/mol. The quantitative estimate of drug-likeness (QED) is 0.484. The van der Waals surface area contributed by atoms with E-state index in [-0.39, 0.29) is 24.4 Å². The summed E-state index contributed by atoms with van der Waals surface area (Å²) < 4.78 is 0. The van der Waals surface area contributed by atoms with Gasteiger partial charge in [0.05, 0.1) is 11.8 Å². The fourth-order valence-electron chi connectivity index (χ4n) is 3.11. The average Bonchev–Trinajstić information content (AvgIpc) is 2.52. The molecule has 1 aliphatic rings. The second kappa shape index (κ2) is 8.54. The van der Waals surface area contributed by atoms with Crippen molar-refractivity contribution in [1.29, 1.82) is 0 Å². The van der Waals surface area contributed by atoms with E-state index in [4.69, 9.17) is 5.73 Å². The van der Waals surface area contributed by atoms with Crippen LogP contribution in [0.15, 0.2) is 29.4 Å². The van der Waals surface area contributed by atoms with Crippen LogP contribution in [-0.4, -0.2) is 21.6 Å². The Hall–Kier alpha value is -1.79. The second-order valence-corrected chi connectivity index (χ2v) is 7.14. The van der Waals surface area contributed by atoms with Crippen molar-refractivity contribution in [2.45, 2.75) is 44.3 Å². The highest BCUT2D eigenvalue weighted by Gasteiger charge is 2.22. The molecule has 0 saturated carbocycles. The van der Waals surface area contributed by atoms with Gasteiger partial charge in [-0.3, -0.25) is 4.79 Å². The Balaban J connectivity index is 0.00000225. The van der Waals surface area contributed by atoms with E-state index in [0.717, 1.165) is 36.3 Å². The smallest absolute Gasteiger partial charge is 0.230 e. The Morgan fingerprint density at radius 2 is 2.00 bits per heavy atom. The molecule has 2 aromatic rings. The summed E-state index contributed by atoms with van der Waals surface area (Å²) in [6, 6.07) is 7.96.